The van der Waals surface area contributed by atoms with E-state index in [9.17, 15) is 0 Å². The van der Waals surface area contributed by atoms with Crippen molar-refractivity contribution in [2.45, 2.75) is 24.9 Å². The van der Waals surface area contributed by atoms with Gasteiger partial charge in [-0.3, -0.25) is 0 Å². The molecule has 2 aliphatic rings. The van der Waals surface area contributed by atoms with Gasteiger partial charge >= 0.3 is 0 Å². The molecule has 2 saturated heterocycles. The summed E-state index contributed by atoms with van der Waals surface area (Å²) < 4.78 is 0. The monoisotopic (exact) mass is 213 g/mol. The molecule has 0 amide bonds. The third kappa shape index (κ3) is 1.66. The van der Waals surface area contributed by atoms with Crippen LogP contribution >= 0.6 is 0 Å². The van der Waals surface area contributed by atoms with Crippen LogP contribution in [0.1, 0.15) is 18.4 Å². The lowest BCUT2D eigenvalue weighted by Crippen LogP contribution is -2.51. The van der Waals surface area contributed by atoms with Gasteiger partial charge in [-0.1, -0.05) is 5.92 Å². The van der Waals surface area contributed by atoms with Crippen LogP contribution in [0, 0.1) is 12.3 Å². The van der Waals surface area contributed by atoms with Crippen molar-refractivity contribution in [3.05, 3.63) is 23.9 Å². The molecule has 16 heavy (non-hydrogen) atoms. The number of fused-ring (bicyclic) bond motifs is 2. The van der Waals surface area contributed by atoms with Crippen molar-refractivity contribution in [1.29, 1.82) is 0 Å². The van der Waals surface area contributed by atoms with Crippen LogP contribution in [-0.2, 0) is 0 Å². The number of anilines is 1. The topological polar surface area (TPSA) is 28.2 Å². The van der Waals surface area contributed by atoms with Gasteiger partial charge in [-0.2, -0.15) is 0 Å². The maximum absolute atomic E-state index is 5.32. The maximum atomic E-state index is 5.32. The minimum absolute atomic E-state index is 0.646. The van der Waals surface area contributed by atoms with Gasteiger partial charge in [0, 0.05) is 36.9 Å². The van der Waals surface area contributed by atoms with Crippen molar-refractivity contribution in [2.75, 3.05) is 18.0 Å². The molecular weight excluding hydrogens is 198 g/mol. The lowest BCUT2D eigenvalue weighted by atomic mass is 10.2. The molecule has 2 atom stereocenters. The maximum Gasteiger partial charge on any atom is 0.128 e. The third-order valence-electron chi connectivity index (χ3n) is 3.46. The van der Waals surface area contributed by atoms with Crippen LogP contribution in [0.5, 0.6) is 0 Å². The number of piperazine rings is 1. The van der Waals surface area contributed by atoms with Crippen molar-refractivity contribution < 1.29 is 0 Å². The van der Waals surface area contributed by atoms with E-state index in [2.05, 4.69) is 21.1 Å². The average Bonchev–Trinajstić information content (AvgIpc) is 2.68. The summed E-state index contributed by atoms with van der Waals surface area (Å²) in [4.78, 5) is 6.79. The Kier molecular flexibility index (Phi) is 2.30. The van der Waals surface area contributed by atoms with Crippen LogP contribution in [0.3, 0.4) is 0 Å². The fraction of sp³-hybridized carbons (Fsp3) is 0.462. The molecule has 0 saturated carbocycles. The molecule has 0 spiro atoms. The van der Waals surface area contributed by atoms with Crippen LogP contribution in [-0.4, -0.2) is 30.2 Å². The molecule has 0 aromatic carbocycles. The molecular formula is C13H15N3. The molecule has 3 heterocycles. The molecule has 82 valence electrons. The van der Waals surface area contributed by atoms with E-state index in [-0.39, 0.29) is 0 Å². The Morgan fingerprint density at radius 2 is 2.06 bits per heavy atom. The molecule has 2 fully saturated rings. The Hall–Kier alpha value is -1.53. The van der Waals surface area contributed by atoms with Crippen molar-refractivity contribution in [3.63, 3.8) is 0 Å². The molecule has 2 bridgehead atoms. The van der Waals surface area contributed by atoms with Crippen LogP contribution in [0.4, 0.5) is 5.82 Å². The van der Waals surface area contributed by atoms with E-state index >= 15 is 0 Å². The van der Waals surface area contributed by atoms with Crippen LogP contribution < -0.4 is 10.2 Å². The van der Waals surface area contributed by atoms with E-state index in [1.807, 2.05) is 12.1 Å². The zero-order chi connectivity index (χ0) is 11.0. The van der Waals surface area contributed by atoms with E-state index in [0.29, 0.717) is 12.1 Å². The predicted molar refractivity (Wildman–Crippen MR) is 64.3 cm³/mol. The van der Waals surface area contributed by atoms with Crippen molar-refractivity contribution in [3.8, 4) is 12.3 Å². The summed E-state index contributed by atoms with van der Waals surface area (Å²) in [7, 11) is 0. The molecule has 0 radical (unpaired) electrons. The van der Waals surface area contributed by atoms with Crippen LogP contribution in [0.2, 0.25) is 0 Å². The van der Waals surface area contributed by atoms with E-state index in [1.165, 1.54) is 12.8 Å². The van der Waals surface area contributed by atoms with Crippen LogP contribution in [0.15, 0.2) is 18.3 Å². The zero-order valence-corrected chi connectivity index (χ0v) is 9.19. The van der Waals surface area contributed by atoms with Gasteiger partial charge in [0.1, 0.15) is 5.82 Å². The number of hydrogen-bond acceptors (Lipinski definition) is 3. The lowest BCUT2D eigenvalue weighted by Gasteiger charge is -2.33. The number of hydrogen-bond donors (Lipinski definition) is 1. The standard InChI is InChI=1S/C13H15N3/c1-2-10-3-6-13(14-7-10)16-8-11-4-5-12(9-16)15-11/h1,3,6-7,11-12,15H,4-5,8-9H2. The Morgan fingerprint density at radius 3 is 2.62 bits per heavy atom. The molecule has 3 heteroatoms. The number of pyridine rings is 1. The van der Waals surface area contributed by atoms with Gasteiger partial charge in [-0.05, 0) is 25.0 Å². The minimum atomic E-state index is 0.646. The van der Waals surface area contributed by atoms with Crippen LogP contribution in [0.25, 0.3) is 0 Å². The first-order chi connectivity index (χ1) is 7.85. The Labute approximate surface area is 95.9 Å². The van der Waals surface area contributed by atoms with Gasteiger partial charge in [0.15, 0.2) is 0 Å². The predicted octanol–water partition coefficient (Wildman–Crippen LogP) is 1.00. The summed E-state index contributed by atoms with van der Waals surface area (Å²) in [6.45, 7) is 2.14. The number of terminal acetylenes is 1. The smallest absolute Gasteiger partial charge is 0.128 e. The normalized spacial score (nSPS) is 27.8. The molecule has 0 aliphatic carbocycles. The highest BCUT2D eigenvalue weighted by Crippen LogP contribution is 2.23. The van der Waals surface area contributed by atoms with Crippen molar-refractivity contribution >= 4 is 5.82 Å². The Bertz CT molecular complexity index is 406. The van der Waals surface area contributed by atoms with Crippen molar-refractivity contribution in [2.24, 2.45) is 0 Å². The average molecular weight is 213 g/mol. The second-order valence-corrected chi connectivity index (χ2v) is 4.59. The van der Waals surface area contributed by atoms with E-state index < -0.39 is 0 Å². The fourth-order valence-electron chi connectivity index (χ4n) is 2.64. The highest BCUT2D eigenvalue weighted by Gasteiger charge is 2.32. The largest absolute Gasteiger partial charge is 0.353 e. The van der Waals surface area contributed by atoms with E-state index in [1.54, 1.807) is 6.20 Å². The number of aromatic nitrogens is 1. The first kappa shape index (κ1) is 9.68. The Morgan fingerprint density at radius 1 is 1.31 bits per heavy atom. The van der Waals surface area contributed by atoms with Gasteiger partial charge in [-0.15, -0.1) is 6.42 Å². The SMILES string of the molecule is C#Cc1ccc(N2CC3CCC(C2)N3)nc1. The summed E-state index contributed by atoms with van der Waals surface area (Å²) in [6, 6.07) is 5.28. The zero-order valence-electron chi connectivity index (χ0n) is 9.19. The second-order valence-electron chi connectivity index (χ2n) is 4.59. The quantitative estimate of drug-likeness (QED) is 0.706. The van der Waals surface area contributed by atoms with Gasteiger partial charge in [-0.25, -0.2) is 4.98 Å². The lowest BCUT2D eigenvalue weighted by molar-refractivity contribution is 0.463. The summed E-state index contributed by atoms with van der Waals surface area (Å²) in [5.41, 5.74) is 0.849. The van der Waals surface area contributed by atoms with Gasteiger partial charge in [0.25, 0.3) is 0 Å². The number of rotatable bonds is 1. The minimum Gasteiger partial charge on any atom is -0.353 e. The summed E-state index contributed by atoms with van der Waals surface area (Å²) in [6.07, 6.45) is 9.69. The van der Waals surface area contributed by atoms with Crippen molar-refractivity contribution in [1.82, 2.24) is 10.3 Å². The first-order valence-corrected chi connectivity index (χ1v) is 5.79. The molecule has 1 aromatic heterocycles. The molecule has 1 aromatic rings. The molecule has 1 N–H and O–H groups in total. The third-order valence-corrected chi connectivity index (χ3v) is 3.46. The second kappa shape index (κ2) is 3.80. The number of nitrogens with one attached hydrogen (secondary N) is 1. The summed E-state index contributed by atoms with van der Waals surface area (Å²) in [5.74, 6) is 3.65. The van der Waals surface area contributed by atoms with E-state index in [4.69, 9.17) is 6.42 Å². The highest BCUT2D eigenvalue weighted by atomic mass is 15.3. The fourth-order valence-corrected chi connectivity index (χ4v) is 2.64. The van der Waals surface area contributed by atoms with Gasteiger partial charge in [0.2, 0.25) is 0 Å². The molecule has 2 aliphatic heterocycles. The summed E-state index contributed by atoms with van der Waals surface area (Å²) in [5, 5.41) is 3.61. The number of nitrogens with zero attached hydrogens (tertiary/aromatic N) is 2. The summed E-state index contributed by atoms with van der Waals surface area (Å²) >= 11 is 0. The van der Waals surface area contributed by atoms with E-state index in [0.717, 1.165) is 24.5 Å². The molecule has 2 unspecified atom stereocenters. The highest BCUT2D eigenvalue weighted by molar-refractivity contribution is 5.44. The first-order valence-electron chi connectivity index (χ1n) is 5.79. The molecule has 3 nitrogen and oxygen atoms in total. The van der Waals surface area contributed by atoms with Gasteiger partial charge in [0.05, 0.1) is 0 Å². The Balaban J connectivity index is 1.79. The molecule has 3 rings (SSSR count). The van der Waals surface area contributed by atoms with Gasteiger partial charge < -0.3 is 10.2 Å².